The van der Waals surface area contributed by atoms with Crippen molar-refractivity contribution in [3.05, 3.63) is 35.4 Å². The van der Waals surface area contributed by atoms with E-state index in [-0.39, 0.29) is 6.10 Å². The number of rotatable bonds is 3. The molecule has 1 aliphatic rings. The van der Waals surface area contributed by atoms with Gasteiger partial charge in [0.25, 0.3) is 0 Å². The summed E-state index contributed by atoms with van der Waals surface area (Å²) in [4.78, 5) is 5.25. The van der Waals surface area contributed by atoms with Crippen molar-refractivity contribution in [3.8, 4) is 0 Å². The van der Waals surface area contributed by atoms with E-state index in [9.17, 15) is 0 Å². The van der Waals surface area contributed by atoms with E-state index in [1.807, 2.05) is 0 Å². The highest BCUT2D eigenvalue weighted by Crippen LogP contribution is 2.17. The fourth-order valence-electron chi connectivity index (χ4n) is 1.62. The van der Waals surface area contributed by atoms with Gasteiger partial charge in [0.1, 0.15) is 0 Å². The van der Waals surface area contributed by atoms with Crippen molar-refractivity contribution < 1.29 is 9.57 Å². The molecular weight excluding hydrogens is 190 g/mol. The van der Waals surface area contributed by atoms with Gasteiger partial charge in [0.05, 0.1) is 12.3 Å². The van der Waals surface area contributed by atoms with Gasteiger partial charge >= 0.3 is 0 Å². The normalized spacial score (nSPS) is 19.9. The van der Waals surface area contributed by atoms with Gasteiger partial charge in [0.2, 0.25) is 0 Å². The van der Waals surface area contributed by atoms with Gasteiger partial charge in [-0.05, 0) is 12.5 Å². The fraction of sp³-hybridized carbons (Fsp3) is 0.417. The summed E-state index contributed by atoms with van der Waals surface area (Å²) in [6, 6.07) is 8.32. The SMILES string of the molecule is COCC1CC(c2ccc(C)cc2)=NO1. The lowest BCUT2D eigenvalue weighted by Gasteiger charge is -2.05. The average Bonchev–Trinajstić information content (AvgIpc) is 2.68. The molecule has 0 spiro atoms. The van der Waals surface area contributed by atoms with Gasteiger partial charge in [-0.25, -0.2) is 0 Å². The number of hydrogen-bond donors (Lipinski definition) is 0. The number of nitrogens with zero attached hydrogens (tertiary/aromatic N) is 1. The van der Waals surface area contributed by atoms with Crippen LogP contribution in [-0.4, -0.2) is 25.5 Å². The highest BCUT2D eigenvalue weighted by molar-refractivity contribution is 6.01. The largest absolute Gasteiger partial charge is 0.389 e. The molecule has 0 saturated carbocycles. The Morgan fingerprint density at radius 3 is 2.80 bits per heavy atom. The van der Waals surface area contributed by atoms with Gasteiger partial charge in [-0.2, -0.15) is 0 Å². The third-order valence-corrected chi connectivity index (χ3v) is 2.47. The van der Waals surface area contributed by atoms with Crippen LogP contribution in [0.3, 0.4) is 0 Å². The molecule has 0 aliphatic carbocycles. The van der Waals surface area contributed by atoms with Gasteiger partial charge in [-0.3, -0.25) is 0 Å². The Balaban J connectivity index is 2.04. The molecule has 1 aliphatic heterocycles. The lowest BCUT2D eigenvalue weighted by Crippen LogP contribution is -2.14. The Kier molecular flexibility index (Phi) is 3.02. The molecule has 2 rings (SSSR count). The van der Waals surface area contributed by atoms with Crippen molar-refractivity contribution in [2.75, 3.05) is 13.7 Å². The van der Waals surface area contributed by atoms with E-state index < -0.39 is 0 Å². The second-order valence-electron chi connectivity index (χ2n) is 3.79. The van der Waals surface area contributed by atoms with Crippen LogP contribution in [0.1, 0.15) is 17.5 Å². The predicted molar refractivity (Wildman–Crippen MR) is 59.1 cm³/mol. The van der Waals surface area contributed by atoms with E-state index in [1.54, 1.807) is 7.11 Å². The summed E-state index contributed by atoms with van der Waals surface area (Å²) in [5.41, 5.74) is 3.41. The van der Waals surface area contributed by atoms with Gasteiger partial charge in [0, 0.05) is 13.5 Å². The van der Waals surface area contributed by atoms with Crippen LogP contribution in [0, 0.1) is 6.92 Å². The molecule has 15 heavy (non-hydrogen) atoms. The van der Waals surface area contributed by atoms with Crippen molar-refractivity contribution in [2.24, 2.45) is 5.16 Å². The van der Waals surface area contributed by atoms with Crippen molar-refractivity contribution in [1.82, 2.24) is 0 Å². The van der Waals surface area contributed by atoms with Crippen LogP contribution in [-0.2, 0) is 9.57 Å². The molecule has 0 radical (unpaired) electrons. The first kappa shape index (κ1) is 10.2. The van der Waals surface area contributed by atoms with E-state index in [0.717, 1.165) is 17.7 Å². The standard InChI is InChI=1S/C12H15NO2/c1-9-3-5-10(6-4-9)12-7-11(8-14-2)15-13-12/h3-6,11H,7-8H2,1-2H3. The average molecular weight is 205 g/mol. The molecule has 0 aromatic heterocycles. The third kappa shape index (κ3) is 2.36. The van der Waals surface area contributed by atoms with Gasteiger partial charge in [-0.15, -0.1) is 0 Å². The molecule has 1 aromatic rings. The first-order valence-corrected chi connectivity index (χ1v) is 5.08. The monoisotopic (exact) mass is 205 g/mol. The summed E-state index contributed by atoms with van der Waals surface area (Å²) in [6.07, 6.45) is 0.906. The van der Waals surface area contributed by atoms with Crippen LogP contribution >= 0.6 is 0 Å². The second kappa shape index (κ2) is 4.45. The number of benzene rings is 1. The molecule has 80 valence electrons. The Bertz CT molecular complexity index is 356. The Hall–Kier alpha value is -1.35. The Morgan fingerprint density at radius 1 is 1.40 bits per heavy atom. The van der Waals surface area contributed by atoms with Gasteiger partial charge < -0.3 is 9.57 Å². The van der Waals surface area contributed by atoms with E-state index in [2.05, 4.69) is 36.3 Å². The minimum Gasteiger partial charge on any atom is -0.389 e. The first-order chi connectivity index (χ1) is 7.29. The smallest absolute Gasteiger partial charge is 0.156 e. The molecule has 1 unspecified atom stereocenters. The van der Waals surface area contributed by atoms with Crippen molar-refractivity contribution in [1.29, 1.82) is 0 Å². The highest BCUT2D eigenvalue weighted by Gasteiger charge is 2.21. The van der Waals surface area contributed by atoms with Crippen molar-refractivity contribution in [3.63, 3.8) is 0 Å². The molecule has 1 heterocycles. The number of ether oxygens (including phenoxy) is 1. The molecule has 0 bridgehead atoms. The lowest BCUT2D eigenvalue weighted by molar-refractivity contribution is 0.0208. The minimum atomic E-state index is 0.0753. The van der Waals surface area contributed by atoms with E-state index in [0.29, 0.717) is 6.61 Å². The molecule has 0 fully saturated rings. The number of hydrogen-bond acceptors (Lipinski definition) is 3. The maximum absolute atomic E-state index is 5.25. The Morgan fingerprint density at radius 2 is 2.13 bits per heavy atom. The molecule has 1 atom stereocenters. The van der Waals surface area contributed by atoms with E-state index >= 15 is 0 Å². The molecule has 3 heteroatoms. The zero-order valence-corrected chi connectivity index (χ0v) is 9.06. The zero-order valence-electron chi connectivity index (χ0n) is 9.06. The maximum atomic E-state index is 5.25. The topological polar surface area (TPSA) is 30.8 Å². The van der Waals surface area contributed by atoms with E-state index in [4.69, 9.17) is 9.57 Å². The zero-order chi connectivity index (χ0) is 10.7. The number of aryl methyl sites for hydroxylation is 1. The van der Waals surface area contributed by atoms with Crippen LogP contribution in [0.2, 0.25) is 0 Å². The van der Waals surface area contributed by atoms with Crippen LogP contribution in [0.5, 0.6) is 0 Å². The molecule has 1 aromatic carbocycles. The van der Waals surface area contributed by atoms with Crippen LogP contribution in [0.25, 0.3) is 0 Å². The van der Waals surface area contributed by atoms with Gasteiger partial charge in [-0.1, -0.05) is 35.0 Å². The number of methoxy groups -OCH3 is 1. The van der Waals surface area contributed by atoms with Crippen LogP contribution in [0.4, 0.5) is 0 Å². The lowest BCUT2D eigenvalue weighted by atomic mass is 10.0. The quantitative estimate of drug-likeness (QED) is 0.756. The molecule has 3 nitrogen and oxygen atoms in total. The first-order valence-electron chi connectivity index (χ1n) is 5.08. The maximum Gasteiger partial charge on any atom is 0.156 e. The molecule has 0 amide bonds. The molecular formula is C12H15NO2. The fourth-order valence-corrected chi connectivity index (χ4v) is 1.62. The summed E-state index contributed by atoms with van der Waals surface area (Å²) in [5, 5.41) is 4.07. The van der Waals surface area contributed by atoms with Gasteiger partial charge in [0.15, 0.2) is 6.10 Å². The van der Waals surface area contributed by atoms with Crippen molar-refractivity contribution >= 4 is 5.71 Å². The van der Waals surface area contributed by atoms with E-state index in [1.165, 1.54) is 5.56 Å². The molecule has 0 saturated heterocycles. The van der Waals surface area contributed by atoms with Crippen molar-refractivity contribution in [2.45, 2.75) is 19.4 Å². The summed E-state index contributed by atoms with van der Waals surface area (Å²) in [7, 11) is 1.67. The predicted octanol–water partition coefficient (Wildman–Crippen LogP) is 2.13. The summed E-state index contributed by atoms with van der Waals surface area (Å²) < 4.78 is 5.03. The Labute approximate surface area is 89.7 Å². The van der Waals surface area contributed by atoms with Crippen LogP contribution in [0.15, 0.2) is 29.4 Å². The van der Waals surface area contributed by atoms with Crippen LogP contribution < -0.4 is 0 Å². The molecule has 0 N–H and O–H groups in total. The number of oxime groups is 1. The second-order valence-corrected chi connectivity index (χ2v) is 3.79. The summed E-state index contributed by atoms with van der Waals surface area (Å²) in [6.45, 7) is 2.67. The summed E-state index contributed by atoms with van der Waals surface area (Å²) in [5.74, 6) is 0. The third-order valence-electron chi connectivity index (χ3n) is 2.47. The summed E-state index contributed by atoms with van der Waals surface area (Å²) >= 11 is 0. The minimum absolute atomic E-state index is 0.0753. The highest BCUT2D eigenvalue weighted by atomic mass is 16.7.